The predicted octanol–water partition coefficient (Wildman–Crippen LogP) is 4.16. The maximum Gasteiger partial charge on any atom is 0.157 e. The lowest BCUT2D eigenvalue weighted by molar-refractivity contribution is 0.0588. The first kappa shape index (κ1) is 14.1. The van der Waals surface area contributed by atoms with E-state index < -0.39 is 0 Å². The van der Waals surface area contributed by atoms with E-state index in [-0.39, 0.29) is 17.1 Å². The highest BCUT2D eigenvalue weighted by molar-refractivity contribution is 5.85. The first-order valence-electron chi connectivity index (χ1n) is 8.58. The van der Waals surface area contributed by atoms with Gasteiger partial charge in [0, 0.05) is 5.56 Å². The molecule has 3 aliphatic carbocycles. The summed E-state index contributed by atoms with van der Waals surface area (Å²) in [5.74, 6) is 1.71. The summed E-state index contributed by atoms with van der Waals surface area (Å²) >= 11 is 0. The molecule has 3 aliphatic rings. The lowest BCUT2D eigenvalue weighted by atomic mass is 9.55. The Morgan fingerprint density at radius 3 is 2.82 bits per heavy atom. The van der Waals surface area contributed by atoms with E-state index in [1.807, 2.05) is 0 Å². The molecular formula is C19H24O3. The summed E-state index contributed by atoms with van der Waals surface area (Å²) in [6, 6.07) is 1.71. The normalized spacial score (nSPS) is 36.3. The molecule has 0 unspecified atom stereocenters. The van der Waals surface area contributed by atoms with Crippen LogP contribution in [0.4, 0.5) is 0 Å². The zero-order valence-corrected chi connectivity index (χ0v) is 13.1. The summed E-state index contributed by atoms with van der Waals surface area (Å²) in [5.41, 5.74) is 2.56. The van der Waals surface area contributed by atoms with Crippen LogP contribution in [-0.2, 0) is 6.42 Å². The van der Waals surface area contributed by atoms with Crippen molar-refractivity contribution in [2.24, 2.45) is 17.3 Å². The van der Waals surface area contributed by atoms with Crippen LogP contribution in [0.5, 0.6) is 11.5 Å². The fraction of sp³-hybridized carbons (Fsp3) is 0.632. The second-order valence-electron chi connectivity index (χ2n) is 7.85. The molecule has 0 saturated heterocycles. The molecule has 0 amide bonds. The molecule has 118 valence electrons. The average Bonchev–Trinajstić information content (AvgIpc) is 2.89. The van der Waals surface area contributed by atoms with Gasteiger partial charge < -0.3 is 10.2 Å². The van der Waals surface area contributed by atoms with Crippen LogP contribution in [-0.4, -0.2) is 16.5 Å². The van der Waals surface area contributed by atoms with Crippen molar-refractivity contribution >= 4 is 6.29 Å². The Kier molecular flexibility index (Phi) is 3.04. The molecular weight excluding hydrogens is 276 g/mol. The van der Waals surface area contributed by atoms with Gasteiger partial charge in [-0.05, 0) is 73.3 Å². The van der Waals surface area contributed by atoms with Crippen LogP contribution in [0.1, 0.15) is 72.9 Å². The van der Waals surface area contributed by atoms with Gasteiger partial charge in [-0.1, -0.05) is 13.3 Å². The van der Waals surface area contributed by atoms with Gasteiger partial charge in [-0.3, -0.25) is 4.79 Å². The molecule has 3 nitrogen and oxygen atoms in total. The van der Waals surface area contributed by atoms with Crippen molar-refractivity contribution in [1.29, 1.82) is 0 Å². The van der Waals surface area contributed by atoms with Gasteiger partial charge in [0.1, 0.15) is 11.5 Å². The van der Waals surface area contributed by atoms with Gasteiger partial charge >= 0.3 is 0 Å². The lowest BCUT2D eigenvalue weighted by Gasteiger charge is -2.49. The van der Waals surface area contributed by atoms with E-state index in [1.165, 1.54) is 25.7 Å². The molecule has 0 radical (unpaired) electrons. The van der Waals surface area contributed by atoms with Crippen LogP contribution in [0.25, 0.3) is 0 Å². The second kappa shape index (κ2) is 4.74. The molecule has 0 bridgehead atoms. The maximum absolute atomic E-state index is 11.2. The van der Waals surface area contributed by atoms with E-state index in [4.69, 9.17) is 0 Å². The van der Waals surface area contributed by atoms with E-state index in [0.29, 0.717) is 23.5 Å². The number of phenolic OH excluding ortho intramolecular Hbond substituents is 2. The summed E-state index contributed by atoms with van der Waals surface area (Å²) in [6.07, 6.45) is 8.94. The maximum atomic E-state index is 11.2. The van der Waals surface area contributed by atoms with E-state index in [2.05, 4.69) is 6.92 Å². The molecule has 2 saturated carbocycles. The van der Waals surface area contributed by atoms with Crippen molar-refractivity contribution in [3.8, 4) is 11.5 Å². The molecule has 4 atom stereocenters. The zero-order valence-electron chi connectivity index (χ0n) is 13.1. The van der Waals surface area contributed by atoms with Gasteiger partial charge in [0.25, 0.3) is 0 Å². The number of carbonyl (C=O) groups excluding carboxylic acids is 1. The third kappa shape index (κ3) is 1.77. The van der Waals surface area contributed by atoms with E-state index in [1.54, 1.807) is 6.07 Å². The fourth-order valence-electron chi connectivity index (χ4n) is 5.84. The second-order valence-corrected chi connectivity index (χ2v) is 7.85. The molecule has 22 heavy (non-hydrogen) atoms. The molecule has 1 aromatic rings. The van der Waals surface area contributed by atoms with Gasteiger partial charge in [0.05, 0.1) is 5.56 Å². The van der Waals surface area contributed by atoms with Crippen LogP contribution in [0.3, 0.4) is 0 Å². The number of rotatable bonds is 1. The minimum atomic E-state index is -0.0776. The number of fused-ring (bicyclic) bond motifs is 5. The minimum Gasteiger partial charge on any atom is -0.507 e. The smallest absolute Gasteiger partial charge is 0.157 e. The summed E-state index contributed by atoms with van der Waals surface area (Å²) in [4.78, 5) is 11.2. The van der Waals surface area contributed by atoms with Crippen molar-refractivity contribution in [3.63, 3.8) is 0 Å². The van der Waals surface area contributed by atoms with Crippen LogP contribution >= 0.6 is 0 Å². The summed E-state index contributed by atoms with van der Waals surface area (Å²) in [6.45, 7) is 2.45. The monoisotopic (exact) mass is 300 g/mol. The molecule has 0 aliphatic heterocycles. The number of benzene rings is 1. The van der Waals surface area contributed by atoms with Crippen molar-refractivity contribution in [3.05, 3.63) is 22.8 Å². The molecule has 1 aromatic carbocycles. The number of carbonyl (C=O) groups is 1. The molecule has 2 fully saturated rings. The Balaban J connectivity index is 1.80. The third-order valence-electron chi connectivity index (χ3n) is 6.90. The number of hydrogen-bond acceptors (Lipinski definition) is 3. The molecule has 2 N–H and O–H groups in total. The van der Waals surface area contributed by atoms with E-state index in [0.717, 1.165) is 36.3 Å². The van der Waals surface area contributed by atoms with E-state index in [9.17, 15) is 15.0 Å². The number of aromatic hydroxyl groups is 2. The first-order chi connectivity index (χ1) is 10.5. The number of phenols is 2. The number of aryl methyl sites for hydroxylation is 1. The summed E-state index contributed by atoms with van der Waals surface area (Å²) in [5, 5.41) is 20.5. The van der Waals surface area contributed by atoms with E-state index >= 15 is 0 Å². The summed E-state index contributed by atoms with van der Waals surface area (Å²) < 4.78 is 0. The molecule has 4 rings (SSSR count). The lowest BCUT2D eigenvalue weighted by Crippen LogP contribution is -2.39. The van der Waals surface area contributed by atoms with Gasteiger partial charge in [-0.15, -0.1) is 0 Å². The van der Waals surface area contributed by atoms with Crippen molar-refractivity contribution in [2.45, 2.75) is 57.8 Å². The van der Waals surface area contributed by atoms with Crippen LogP contribution in [0.15, 0.2) is 6.07 Å². The minimum absolute atomic E-state index is 0.0429. The van der Waals surface area contributed by atoms with Crippen molar-refractivity contribution in [1.82, 2.24) is 0 Å². The van der Waals surface area contributed by atoms with Crippen LogP contribution in [0, 0.1) is 17.3 Å². The average molecular weight is 300 g/mol. The highest BCUT2D eigenvalue weighted by atomic mass is 16.3. The molecule has 0 aromatic heterocycles. The van der Waals surface area contributed by atoms with Crippen molar-refractivity contribution in [2.75, 3.05) is 0 Å². The SMILES string of the molecule is C[C@@]12CCC[C@H]1[C@@H]1CCc3cc(O)c(C=O)c(O)c3[C@H]1CC2. The van der Waals surface area contributed by atoms with Gasteiger partial charge in [-0.2, -0.15) is 0 Å². The highest BCUT2D eigenvalue weighted by Crippen LogP contribution is 2.62. The van der Waals surface area contributed by atoms with Crippen LogP contribution in [0.2, 0.25) is 0 Å². The molecule has 3 heteroatoms. The predicted molar refractivity (Wildman–Crippen MR) is 84.4 cm³/mol. The van der Waals surface area contributed by atoms with Crippen molar-refractivity contribution < 1.29 is 15.0 Å². The Bertz CT molecular complexity index is 636. The number of hydrogen-bond donors (Lipinski definition) is 2. The molecule has 0 spiro atoms. The topological polar surface area (TPSA) is 57.5 Å². The largest absolute Gasteiger partial charge is 0.507 e. The molecule has 0 heterocycles. The Hall–Kier alpha value is -1.51. The highest BCUT2D eigenvalue weighted by Gasteiger charge is 2.50. The first-order valence-corrected chi connectivity index (χ1v) is 8.58. The quantitative estimate of drug-likeness (QED) is 0.766. The standard InChI is InChI=1S/C19H24O3/c1-19-7-2-3-15(19)12-5-4-11-9-16(21)14(10-20)18(22)17(11)13(12)6-8-19/h9-10,12-13,15,21-22H,2-8H2,1H3/t12-,13+,15+,19+/m1/s1. The van der Waals surface area contributed by atoms with Gasteiger partial charge in [0.15, 0.2) is 6.29 Å². The zero-order chi connectivity index (χ0) is 15.5. The number of aldehydes is 1. The third-order valence-corrected chi connectivity index (χ3v) is 6.90. The Morgan fingerprint density at radius 1 is 1.23 bits per heavy atom. The van der Waals surface area contributed by atoms with Gasteiger partial charge in [0.2, 0.25) is 0 Å². The Labute approximate surface area is 131 Å². The fourth-order valence-corrected chi connectivity index (χ4v) is 5.84. The summed E-state index contributed by atoms with van der Waals surface area (Å²) in [7, 11) is 0. The van der Waals surface area contributed by atoms with Gasteiger partial charge in [-0.25, -0.2) is 0 Å². The van der Waals surface area contributed by atoms with Crippen LogP contribution < -0.4 is 0 Å². The Morgan fingerprint density at radius 2 is 2.05 bits per heavy atom.